The molecule has 200 valence electrons. The van der Waals surface area contributed by atoms with Gasteiger partial charge in [-0.05, 0) is 50.8 Å². The molecule has 0 saturated carbocycles. The second kappa shape index (κ2) is 12.8. The number of halogens is 2. The Morgan fingerprint density at radius 1 is 1.11 bits per heavy atom. The molecule has 0 aliphatic carbocycles. The number of nitrogens with one attached hydrogen (secondary N) is 1. The number of ether oxygens (including phenoxy) is 2. The molecule has 2 N–H and O–H groups in total. The number of alkyl halides is 2. The van der Waals surface area contributed by atoms with Crippen molar-refractivity contribution < 1.29 is 28.2 Å². The molecule has 1 atom stereocenters. The Hall–Kier alpha value is -3.33. The van der Waals surface area contributed by atoms with Crippen molar-refractivity contribution >= 4 is 23.0 Å². The summed E-state index contributed by atoms with van der Waals surface area (Å²) in [5.74, 6) is -1.03. The minimum Gasteiger partial charge on any atom is -0.493 e. The van der Waals surface area contributed by atoms with E-state index in [-0.39, 0.29) is 11.6 Å². The molecule has 0 spiro atoms. The number of benzene rings is 2. The van der Waals surface area contributed by atoms with E-state index < -0.39 is 12.5 Å². The number of carbonyl (C=O) groups is 1. The van der Waals surface area contributed by atoms with Crippen molar-refractivity contribution in [2.24, 2.45) is 0 Å². The lowest BCUT2D eigenvalue weighted by atomic mass is 9.99. The molecule has 0 fully saturated rings. The summed E-state index contributed by atoms with van der Waals surface area (Å²) in [5.41, 5.74) is 2.05. The van der Waals surface area contributed by atoms with E-state index in [9.17, 15) is 13.6 Å². The second-order valence-corrected chi connectivity index (χ2v) is 9.08. The third-order valence-corrected chi connectivity index (χ3v) is 6.40. The number of rotatable bonds is 14. The Morgan fingerprint density at radius 2 is 1.86 bits per heavy atom. The maximum atomic E-state index is 14.1. The molecule has 0 amide bonds. The van der Waals surface area contributed by atoms with Crippen molar-refractivity contribution in [2.75, 3.05) is 26.1 Å². The molecule has 0 aliphatic rings. The molecular weight excluding hydrogens is 480 g/mol. The molecule has 3 rings (SSSR count). The molecule has 0 radical (unpaired) electrons. The predicted octanol–water partition coefficient (Wildman–Crippen LogP) is 5.90. The lowest BCUT2D eigenvalue weighted by Gasteiger charge is -2.21. The fraction of sp³-hybridized carbons (Fsp3) is 0.464. The van der Waals surface area contributed by atoms with Crippen LogP contribution < -0.4 is 14.8 Å². The average molecular weight is 516 g/mol. The van der Waals surface area contributed by atoms with Gasteiger partial charge in [0.25, 0.3) is 5.92 Å². The molecule has 1 heterocycles. The third kappa shape index (κ3) is 6.71. The largest absolute Gasteiger partial charge is 0.493 e. The minimum atomic E-state index is -3.32. The van der Waals surface area contributed by atoms with Gasteiger partial charge in [-0.2, -0.15) is 8.78 Å². The summed E-state index contributed by atoms with van der Waals surface area (Å²) in [4.78, 5) is 19.9. The third-order valence-electron chi connectivity index (χ3n) is 6.40. The number of anilines is 1. The Balaban J connectivity index is 1.99. The van der Waals surface area contributed by atoms with Crippen LogP contribution in [0.1, 0.15) is 67.6 Å². The summed E-state index contributed by atoms with van der Waals surface area (Å²) in [7, 11) is 3.17. The van der Waals surface area contributed by atoms with Crippen LogP contribution in [0, 0.1) is 6.92 Å². The molecular formula is C28H35F2N3O4. The van der Waals surface area contributed by atoms with Crippen molar-refractivity contribution in [3.05, 3.63) is 52.8 Å². The number of hydrogen-bond donors (Lipinski definition) is 2. The van der Waals surface area contributed by atoms with Crippen molar-refractivity contribution in [2.45, 2.75) is 64.3 Å². The quantitative estimate of drug-likeness (QED) is 0.204. The van der Waals surface area contributed by atoms with Gasteiger partial charge in [0, 0.05) is 29.0 Å². The van der Waals surface area contributed by atoms with E-state index >= 15 is 0 Å². The van der Waals surface area contributed by atoms with Crippen LogP contribution in [0.4, 0.5) is 14.6 Å². The van der Waals surface area contributed by atoms with Crippen LogP contribution in [-0.4, -0.2) is 42.2 Å². The van der Waals surface area contributed by atoms with E-state index in [0.717, 1.165) is 48.4 Å². The monoisotopic (exact) mass is 515 g/mol. The highest BCUT2D eigenvalue weighted by Gasteiger charge is 2.31. The van der Waals surface area contributed by atoms with Gasteiger partial charge < -0.3 is 24.7 Å². The minimum absolute atomic E-state index is 0.244. The van der Waals surface area contributed by atoms with Gasteiger partial charge in [-0.1, -0.05) is 31.0 Å². The summed E-state index contributed by atoms with van der Waals surface area (Å²) < 4.78 is 39.5. The van der Waals surface area contributed by atoms with E-state index in [4.69, 9.17) is 19.6 Å². The van der Waals surface area contributed by atoms with Crippen LogP contribution in [0.25, 0.3) is 10.9 Å². The maximum Gasteiger partial charge on any atom is 0.295 e. The number of aliphatic hydroxyl groups is 1. The number of methoxy groups -OCH3 is 2. The lowest BCUT2D eigenvalue weighted by Crippen LogP contribution is -2.19. The fourth-order valence-corrected chi connectivity index (χ4v) is 4.42. The highest BCUT2D eigenvalue weighted by Crippen LogP contribution is 2.40. The van der Waals surface area contributed by atoms with Gasteiger partial charge in [-0.3, -0.25) is 0 Å². The Kier molecular flexibility index (Phi) is 9.74. The Labute approximate surface area is 216 Å². The van der Waals surface area contributed by atoms with Crippen LogP contribution in [0.5, 0.6) is 11.5 Å². The second-order valence-electron chi connectivity index (χ2n) is 9.08. The van der Waals surface area contributed by atoms with Gasteiger partial charge >= 0.3 is 0 Å². The van der Waals surface area contributed by atoms with E-state index in [0.29, 0.717) is 41.5 Å². The molecule has 9 heteroatoms. The molecule has 0 bridgehead atoms. The zero-order chi connectivity index (χ0) is 27.0. The van der Waals surface area contributed by atoms with Crippen LogP contribution in [-0.2, 0) is 17.1 Å². The van der Waals surface area contributed by atoms with Crippen LogP contribution in [0.3, 0.4) is 0 Å². The highest BCUT2D eigenvalue weighted by atomic mass is 19.3. The summed E-state index contributed by atoms with van der Waals surface area (Å²) in [5, 5.41) is 13.2. The van der Waals surface area contributed by atoms with Gasteiger partial charge in [0.05, 0.1) is 19.7 Å². The fourth-order valence-electron chi connectivity index (χ4n) is 4.42. The van der Waals surface area contributed by atoms with E-state index in [1.54, 1.807) is 33.3 Å². The summed E-state index contributed by atoms with van der Waals surface area (Å²) in [6.45, 7) is 2.41. The number of aliphatic hydroxyl groups excluding tert-OH is 1. The van der Waals surface area contributed by atoms with Gasteiger partial charge in [-0.25, -0.2) is 9.97 Å². The molecule has 2 aromatic carbocycles. The summed E-state index contributed by atoms with van der Waals surface area (Å²) in [6, 6.07) is 7.47. The number of carbonyl (C=O) groups excluding carboxylic acids is 1. The predicted molar refractivity (Wildman–Crippen MR) is 140 cm³/mol. The molecule has 1 aromatic heterocycles. The van der Waals surface area contributed by atoms with Gasteiger partial charge in [-0.15, -0.1) is 0 Å². The molecule has 0 saturated heterocycles. The molecule has 7 nitrogen and oxygen atoms in total. The maximum absolute atomic E-state index is 14.1. The first-order chi connectivity index (χ1) is 17.7. The summed E-state index contributed by atoms with van der Waals surface area (Å²) in [6.07, 6.45) is 5.94. The average Bonchev–Trinajstić information content (AvgIpc) is 2.90. The summed E-state index contributed by atoms with van der Waals surface area (Å²) >= 11 is 0. The normalized spacial score (nSPS) is 12.4. The van der Waals surface area contributed by atoms with Crippen molar-refractivity contribution in [1.82, 2.24) is 9.97 Å². The van der Waals surface area contributed by atoms with Crippen LogP contribution >= 0.6 is 0 Å². The van der Waals surface area contributed by atoms with Gasteiger partial charge in [0.1, 0.15) is 24.5 Å². The Bertz CT molecular complexity index is 1220. The number of hydrogen-bond acceptors (Lipinski definition) is 7. The van der Waals surface area contributed by atoms with Crippen molar-refractivity contribution in [3.63, 3.8) is 0 Å². The van der Waals surface area contributed by atoms with Crippen LogP contribution in [0.15, 0.2) is 30.3 Å². The zero-order valence-electron chi connectivity index (χ0n) is 21.8. The molecule has 0 unspecified atom stereocenters. The van der Waals surface area contributed by atoms with E-state index in [1.807, 2.05) is 13.0 Å². The smallest absolute Gasteiger partial charge is 0.295 e. The standard InChI is InChI=1S/C28H35F2N3O4/c1-18(20-11-10-12-21(15-20)28(29,30)17-35)31-27-23-16-24(36-3)26(37-4)22(25(23)32-19(2)33-27)13-8-6-5-7-9-14-34/h10-12,14-16,18,35H,5-9,13,17H2,1-4H3,(H,31,32,33)/t18-/m1/s1. The van der Waals surface area contributed by atoms with Gasteiger partial charge in [0.15, 0.2) is 11.5 Å². The number of nitrogens with zero attached hydrogens (tertiary/aromatic N) is 2. The number of fused-ring (bicyclic) bond motifs is 1. The first-order valence-electron chi connectivity index (χ1n) is 12.5. The molecule has 37 heavy (non-hydrogen) atoms. The van der Waals surface area contributed by atoms with E-state index in [1.165, 1.54) is 12.1 Å². The topological polar surface area (TPSA) is 93.6 Å². The molecule has 0 aliphatic heterocycles. The molecule has 3 aromatic rings. The first-order valence-corrected chi connectivity index (χ1v) is 12.5. The number of aldehydes is 1. The number of aromatic nitrogens is 2. The number of aryl methyl sites for hydroxylation is 2. The SMILES string of the molecule is COc1cc2c(N[C@H](C)c3cccc(C(F)(F)CO)c3)nc(C)nc2c(CCCCCCC=O)c1OC. The Morgan fingerprint density at radius 3 is 2.54 bits per heavy atom. The van der Waals surface area contributed by atoms with Crippen LogP contribution in [0.2, 0.25) is 0 Å². The first kappa shape index (κ1) is 28.2. The van der Waals surface area contributed by atoms with Gasteiger partial charge in [0.2, 0.25) is 0 Å². The zero-order valence-corrected chi connectivity index (χ0v) is 21.8. The van der Waals surface area contributed by atoms with E-state index in [2.05, 4.69) is 10.3 Å². The highest BCUT2D eigenvalue weighted by molar-refractivity contribution is 5.94. The van der Waals surface area contributed by atoms with Crippen molar-refractivity contribution in [3.8, 4) is 11.5 Å². The number of unbranched alkanes of at least 4 members (excludes halogenated alkanes) is 4. The van der Waals surface area contributed by atoms with Crippen molar-refractivity contribution in [1.29, 1.82) is 0 Å². The lowest BCUT2D eigenvalue weighted by molar-refractivity contribution is -0.107.